The Balaban J connectivity index is 1.79. The van der Waals surface area contributed by atoms with Crippen LogP contribution in [0.3, 0.4) is 0 Å². The van der Waals surface area contributed by atoms with Crippen LogP contribution in [0.1, 0.15) is 129 Å². The molecule has 0 heterocycles. The molecule has 3 rings (SSSR count). The lowest BCUT2D eigenvalue weighted by Gasteiger charge is -2.60. The molecule has 0 unspecified atom stereocenters. The molecule has 0 radical (unpaired) electrons. The lowest BCUT2D eigenvalue weighted by atomic mass is 9.45. The van der Waals surface area contributed by atoms with Gasteiger partial charge >= 0.3 is 0 Å². The van der Waals surface area contributed by atoms with E-state index in [1.54, 1.807) is 12.8 Å². The molecule has 0 amide bonds. The Morgan fingerprint density at radius 3 is 2.07 bits per heavy atom. The van der Waals surface area contributed by atoms with Crippen molar-refractivity contribution in [3.8, 4) is 0 Å². The summed E-state index contributed by atoms with van der Waals surface area (Å²) in [6, 6.07) is 0. The van der Waals surface area contributed by atoms with Gasteiger partial charge in [-0.3, -0.25) is 0 Å². The summed E-state index contributed by atoms with van der Waals surface area (Å²) in [5, 5.41) is 0. The van der Waals surface area contributed by atoms with Gasteiger partial charge in [-0.1, -0.05) is 76.5 Å². The Kier molecular flexibility index (Phi) is 8.31. The number of allylic oxidation sites excluding steroid dienone is 2. The van der Waals surface area contributed by atoms with Gasteiger partial charge in [0.2, 0.25) is 0 Å². The van der Waals surface area contributed by atoms with E-state index in [-0.39, 0.29) is 0 Å². The minimum Gasteiger partial charge on any atom is -0.103 e. The third-order valence-electron chi connectivity index (χ3n) is 9.48. The fraction of sp³-hybridized carbons (Fsp3) is 0.857. The topological polar surface area (TPSA) is 0 Å². The Labute approximate surface area is 176 Å². The number of hydrogen-bond donors (Lipinski definition) is 0. The molecule has 0 bridgehead atoms. The first-order chi connectivity index (χ1) is 13.7. The van der Waals surface area contributed by atoms with Gasteiger partial charge in [-0.25, -0.2) is 0 Å². The fourth-order valence-electron chi connectivity index (χ4n) is 7.73. The summed E-state index contributed by atoms with van der Waals surface area (Å²) in [6.07, 6.45) is 29.9. The van der Waals surface area contributed by atoms with E-state index in [4.69, 9.17) is 0 Å². The number of rotatable bonds is 9. The molecule has 0 atom stereocenters. The lowest BCUT2D eigenvalue weighted by Crippen LogP contribution is -2.50. The average molecular weight is 385 g/mol. The lowest BCUT2D eigenvalue weighted by molar-refractivity contribution is -0.0991. The molecule has 3 saturated carbocycles. The molecule has 0 saturated heterocycles. The highest BCUT2D eigenvalue weighted by atomic mass is 14.6. The predicted molar refractivity (Wildman–Crippen MR) is 125 cm³/mol. The van der Waals surface area contributed by atoms with Crippen molar-refractivity contribution < 1.29 is 0 Å². The van der Waals surface area contributed by atoms with Gasteiger partial charge < -0.3 is 0 Å². The summed E-state index contributed by atoms with van der Waals surface area (Å²) in [5.41, 5.74) is 2.81. The van der Waals surface area contributed by atoms with Crippen LogP contribution in [-0.2, 0) is 0 Å². The minimum atomic E-state index is 0.641. The van der Waals surface area contributed by atoms with E-state index in [0.29, 0.717) is 10.8 Å². The smallest absolute Gasteiger partial charge is 0.0213 e. The first kappa shape index (κ1) is 22.2. The van der Waals surface area contributed by atoms with Gasteiger partial charge in [-0.05, 0) is 93.3 Å². The average Bonchev–Trinajstić information content (AvgIpc) is 2.77. The summed E-state index contributed by atoms with van der Waals surface area (Å²) in [5.74, 6) is 2.00. The van der Waals surface area contributed by atoms with Gasteiger partial charge in [0, 0.05) is 0 Å². The summed E-state index contributed by atoms with van der Waals surface area (Å²) in [4.78, 5) is 0. The fourth-order valence-corrected chi connectivity index (χ4v) is 7.73. The van der Waals surface area contributed by atoms with Crippen LogP contribution in [0.25, 0.3) is 0 Å². The third-order valence-corrected chi connectivity index (χ3v) is 9.48. The van der Waals surface area contributed by atoms with Crippen LogP contribution >= 0.6 is 0 Å². The van der Waals surface area contributed by atoms with Crippen LogP contribution in [0.15, 0.2) is 24.8 Å². The van der Waals surface area contributed by atoms with E-state index >= 15 is 0 Å². The second kappa shape index (κ2) is 10.5. The summed E-state index contributed by atoms with van der Waals surface area (Å²) >= 11 is 0. The summed E-state index contributed by atoms with van der Waals surface area (Å²) in [7, 11) is 0. The zero-order valence-corrected chi connectivity index (χ0v) is 19.1. The van der Waals surface area contributed by atoms with Gasteiger partial charge in [-0.15, -0.1) is 6.58 Å². The molecule has 0 heteroatoms. The Morgan fingerprint density at radius 2 is 1.50 bits per heavy atom. The quantitative estimate of drug-likeness (QED) is 0.347. The normalized spacial score (nSPS) is 29.9. The van der Waals surface area contributed by atoms with E-state index in [1.165, 1.54) is 115 Å². The van der Waals surface area contributed by atoms with E-state index < -0.39 is 0 Å². The van der Waals surface area contributed by atoms with E-state index in [9.17, 15) is 0 Å². The largest absolute Gasteiger partial charge is 0.103 e. The van der Waals surface area contributed by atoms with Gasteiger partial charge in [0.05, 0.1) is 0 Å². The van der Waals surface area contributed by atoms with E-state index in [1.807, 2.05) is 0 Å². The molecule has 0 nitrogen and oxygen atoms in total. The highest BCUT2D eigenvalue weighted by Gasteiger charge is 2.54. The Morgan fingerprint density at radius 1 is 0.893 bits per heavy atom. The van der Waals surface area contributed by atoms with Crippen molar-refractivity contribution in [2.45, 2.75) is 129 Å². The first-order valence-corrected chi connectivity index (χ1v) is 12.9. The van der Waals surface area contributed by atoms with Gasteiger partial charge in [-0.2, -0.15) is 0 Å². The number of hydrogen-bond acceptors (Lipinski definition) is 0. The van der Waals surface area contributed by atoms with Crippen molar-refractivity contribution in [3.63, 3.8) is 0 Å². The van der Waals surface area contributed by atoms with Crippen LogP contribution < -0.4 is 0 Å². The molecule has 0 N–H and O–H groups in total. The molecule has 3 aliphatic rings. The molecular formula is C28H48. The zero-order chi connectivity index (χ0) is 19.9. The minimum absolute atomic E-state index is 0.641. The maximum atomic E-state index is 4.40. The third kappa shape index (κ3) is 4.79. The molecule has 0 aliphatic heterocycles. The summed E-state index contributed by atoms with van der Waals surface area (Å²) < 4.78 is 0. The van der Waals surface area contributed by atoms with Gasteiger partial charge in [0.1, 0.15) is 0 Å². The molecule has 0 aromatic heterocycles. The van der Waals surface area contributed by atoms with Gasteiger partial charge in [0.15, 0.2) is 0 Å². The molecule has 3 aliphatic carbocycles. The van der Waals surface area contributed by atoms with Crippen LogP contribution in [0, 0.1) is 22.7 Å². The van der Waals surface area contributed by atoms with Crippen molar-refractivity contribution in [1.29, 1.82) is 0 Å². The maximum absolute atomic E-state index is 4.40. The Hall–Kier alpha value is -0.520. The van der Waals surface area contributed by atoms with Crippen LogP contribution in [-0.4, -0.2) is 0 Å². The summed E-state index contributed by atoms with van der Waals surface area (Å²) in [6.45, 7) is 10.7. The second-order valence-electron chi connectivity index (χ2n) is 10.7. The molecule has 0 aromatic rings. The van der Waals surface area contributed by atoms with Crippen molar-refractivity contribution in [1.82, 2.24) is 0 Å². The van der Waals surface area contributed by atoms with Gasteiger partial charge in [0.25, 0.3) is 0 Å². The van der Waals surface area contributed by atoms with Crippen molar-refractivity contribution in [3.05, 3.63) is 24.8 Å². The van der Waals surface area contributed by atoms with Crippen molar-refractivity contribution >= 4 is 0 Å². The standard InChI is InChI=1S/C28H48/c1-4-6-13-25-14-16-26(17-15-25)28(21-11-8-12-22-28)27(19-9-7-10-20-27)23-18-24(3)5-2/h4,25-26H,1,3,5-23H2,2H3. The molecule has 0 aromatic carbocycles. The highest BCUT2D eigenvalue weighted by molar-refractivity contribution is 5.07. The zero-order valence-electron chi connectivity index (χ0n) is 19.1. The molecule has 0 spiro atoms. The van der Waals surface area contributed by atoms with Crippen molar-refractivity contribution in [2.75, 3.05) is 0 Å². The van der Waals surface area contributed by atoms with E-state index in [0.717, 1.165) is 11.8 Å². The predicted octanol–water partition coefficient (Wildman–Crippen LogP) is 9.41. The molecule has 160 valence electrons. The van der Waals surface area contributed by atoms with Crippen LogP contribution in [0.2, 0.25) is 0 Å². The van der Waals surface area contributed by atoms with Crippen LogP contribution in [0.5, 0.6) is 0 Å². The molecule has 28 heavy (non-hydrogen) atoms. The SMILES string of the molecule is C=CCCC1CCC(C2(C3(CCC(=C)CC)CCCCC3)CCCCC2)CC1. The maximum Gasteiger partial charge on any atom is -0.0213 e. The van der Waals surface area contributed by atoms with Crippen LogP contribution in [0.4, 0.5) is 0 Å². The molecule has 3 fully saturated rings. The first-order valence-electron chi connectivity index (χ1n) is 12.9. The van der Waals surface area contributed by atoms with Crippen molar-refractivity contribution in [2.24, 2.45) is 22.7 Å². The molecular weight excluding hydrogens is 336 g/mol. The Bertz CT molecular complexity index is 478. The van der Waals surface area contributed by atoms with E-state index in [2.05, 4.69) is 26.2 Å². The monoisotopic (exact) mass is 384 g/mol. The highest BCUT2D eigenvalue weighted by Crippen LogP contribution is 2.65. The second-order valence-corrected chi connectivity index (χ2v) is 10.7.